The molecule has 2 rings (SSSR count). The highest BCUT2D eigenvalue weighted by molar-refractivity contribution is 9.10. The van der Waals surface area contributed by atoms with Gasteiger partial charge < -0.3 is 10.0 Å². The van der Waals surface area contributed by atoms with Crippen molar-refractivity contribution in [3.8, 4) is 6.07 Å². The van der Waals surface area contributed by atoms with E-state index in [2.05, 4.69) is 22.0 Å². The smallest absolute Gasteiger partial charge is 0.308 e. The largest absolute Gasteiger partial charge is 0.481 e. The normalized spacial score (nSPS) is 22.8. The van der Waals surface area contributed by atoms with Crippen molar-refractivity contribution in [1.82, 2.24) is 0 Å². The predicted octanol–water partition coefficient (Wildman–Crippen LogP) is 2.62. The van der Waals surface area contributed by atoms with Gasteiger partial charge in [0.1, 0.15) is 6.07 Å². The van der Waals surface area contributed by atoms with Gasteiger partial charge in [0.15, 0.2) is 0 Å². The van der Waals surface area contributed by atoms with Gasteiger partial charge in [0.25, 0.3) is 0 Å². The lowest BCUT2D eigenvalue weighted by molar-refractivity contribution is -0.141. The van der Waals surface area contributed by atoms with E-state index >= 15 is 0 Å². The summed E-state index contributed by atoms with van der Waals surface area (Å²) in [4.78, 5) is 13.1. The average molecular weight is 309 g/mol. The number of nitrogens with zero attached hydrogens (tertiary/aromatic N) is 2. The van der Waals surface area contributed by atoms with Crippen LogP contribution < -0.4 is 4.90 Å². The molecule has 2 unspecified atom stereocenters. The van der Waals surface area contributed by atoms with E-state index in [9.17, 15) is 4.79 Å². The second-order valence-corrected chi connectivity index (χ2v) is 5.36. The minimum atomic E-state index is -0.763. The van der Waals surface area contributed by atoms with E-state index in [1.807, 2.05) is 24.0 Å². The van der Waals surface area contributed by atoms with E-state index in [4.69, 9.17) is 10.4 Å². The summed E-state index contributed by atoms with van der Waals surface area (Å²) in [6.07, 6.45) is 0.622. The van der Waals surface area contributed by atoms with Crippen LogP contribution in [0.4, 0.5) is 5.69 Å². The number of carboxylic acids is 1. The van der Waals surface area contributed by atoms with Crippen LogP contribution in [-0.2, 0) is 4.79 Å². The van der Waals surface area contributed by atoms with Crippen molar-refractivity contribution in [3.63, 3.8) is 0 Å². The van der Waals surface area contributed by atoms with Gasteiger partial charge in [0.05, 0.1) is 17.2 Å². The molecule has 2 atom stereocenters. The number of hydrogen-bond donors (Lipinski definition) is 1. The van der Waals surface area contributed by atoms with Gasteiger partial charge in [-0.3, -0.25) is 4.79 Å². The second-order valence-electron chi connectivity index (χ2n) is 4.44. The van der Waals surface area contributed by atoms with Crippen LogP contribution in [0.25, 0.3) is 0 Å². The Hall–Kier alpha value is -1.54. The van der Waals surface area contributed by atoms with Gasteiger partial charge in [-0.1, -0.05) is 15.9 Å². The summed E-state index contributed by atoms with van der Waals surface area (Å²) in [5.41, 5.74) is 1.39. The lowest BCUT2D eigenvalue weighted by atomic mass is 10.0. The third-order valence-electron chi connectivity index (χ3n) is 3.46. The number of carboxylic acid groups (broad SMARTS) is 1. The van der Waals surface area contributed by atoms with Crippen molar-refractivity contribution in [3.05, 3.63) is 28.2 Å². The third-order valence-corrected chi connectivity index (χ3v) is 3.95. The van der Waals surface area contributed by atoms with Crippen molar-refractivity contribution in [1.29, 1.82) is 5.26 Å². The van der Waals surface area contributed by atoms with Crippen molar-refractivity contribution in [2.75, 3.05) is 11.4 Å². The Morgan fingerprint density at radius 2 is 2.33 bits per heavy atom. The molecule has 1 aliphatic rings. The first-order valence-corrected chi connectivity index (χ1v) is 6.53. The highest BCUT2D eigenvalue weighted by atomic mass is 79.9. The zero-order valence-electron chi connectivity index (χ0n) is 9.93. The van der Waals surface area contributed by atoms with Crippen LogP contribution in [0.15, 0.2) is 22.7 Å². The lowest BCUT2D eigenvalue weighted by Gasteiger charge is -2.26. The van der Waals surface area contributed by atoms with Gasteiger partial charge in [-0.2, -0.15) is 5.26 Å². The lowest BCUT2D eigenvalue weighted by Crippen LogP contribution is -2.33. The molecular formula is C13H13BrN2O2. The summed E-state index contributed by atoms with van der Waals surface area (Å²) in [6.45, 7) is 2.57. The molecule has 1 saturated heterocycles. The molecule has 1 N–H and O–H groups in total. The molecule has 1 fully saturated rings. The van der Waals surface area contributed by atoms with E-state index in [0.29, 0.717) is 18.5 Å². The van der Waals surface area contributed by atoms with Crippen LogP contribution in [0.2, 0.25) is 0 Å². The monoisotopic (exact) mass is 308 g/mol. The summed E-state index contributed by atoms with van der Waals surface area (Å²) < 4.78 is 0.851. The number of nitriles is 1. The molecule has 4 nitrogen and oxygen atoms in total. The molecule has 18 heavy (non-hydrogen) atoms. The van der Waals surface area contributed by atoms with E-state index in [1.165, 1.54) is 0 Å². The molecule has 1 heterocycles. The van der Waals surface area contributed by atoms with Crippen molar-refractivity contribution >= 4 is 27.6 Å². The minimum Gasteiger partial charge on any atom is -0.481 e. The van der Waals surface area contributed by atoms with Gasteiger partial charge in [-0.05, 0) is 31.5 Å². The summed E-state index contributed by atoms with van der Waals surface area (Å²) in [7, 11) is 0. The zero-order chi connectivity index (χ0) is 13.3. The molecular weight excluding hydrogens is 296 g/mol. The van der Waals surface area contributed by atoms with E-state index < -0.39 is 5.97 Å². The van der Waals surface area contributed by atoms with E-state index in [1.54, 1.807) is 6.07 Å². The van der Waals surface area contributed by atoms with Crippen LogP contribution in [0.5, 0.6) is 0 Å². The fraction of sp³-hybridized carbons (Fsp3) is 0.385. The maximum atomic E-state index is 11.1. The van der Waals surface area contributed by atoms with Gasteiger partial charge in [-0.15, -0.1) is 0 Å². The Labute approximate surface area is 114 Å². The highest BCUT2D eigenvalue weighted by Gasteiger charge is 2.36. The van der Waals surface area contributed by atoms with Crippen molar-refractivity contribution in [2.45, 2.75) is 19.4 Å². The number of carbonyl (C=O) groups is 1. The molecule has 0 saturated carbocycles. The van der Waals surface area contributed by atoms with E-state index in [-0.39, 0.29) is 12.0 Å². The standard InChI is InChI=1S/C13H13BrN2O2/c1-8-11(13(17)18)4-5-16(8)12-3-2-10(14)6-9(12)7-15/h2-3,6,8,11H,4-5H2,1H3,(H,17,18). The Balaban J connectivity index is 2.34. The minimum absolute atomic E-state index is 0.0872. The summed E-state index contributed by atoms with van der Waals surface area (Å²) >= 11 is 3.33. The van der Waals surface area contributed by atoms with Crippen LogP contribution >= 0.6 is 15.9 Å². The molecule has 0 aliphatic carbocycles. The SMILES string of the molecule is CC1C(C(=O)O)CCN1c1ccc(Br)cc1C#N. The molecule has 0 amide bonds. The van der Waals surface area contributed by atoms with Gasteiger partial charge in [0, 0.05) is 17.1 Å². The van der Waals surface area contributed by atoms with Crippen molar-refractivity contribution < 1.29 is 9.90 Å². The number of aliphatic carboxylic acids is 1. The zero-order valence-corrected chi connectivity index (χ0v) is 11.5. The van der Waals surface area contributed by atoms with Crippen molar-refractivity contribution in [2.24, 2.45) is 5.92 Å². The Morgan fingerprint density at radius 3 is 2.89 bits per heavy atom. The van der Waals surface area contributed by atoms with Gasteiger partial charge >= 0.3 is 5.97 Å². The molecule has 1 aromatic rings. The quantitative estimate of drug-likeness (QED) is 0.912. The van der Waals surface area contributed by atoms with E-state index in [0.717, 1.165) is 10.2 Å². The highest BCUT2D eigenvalue weighted by Crippen LogP contribution is 2.33. The number of hydrogen-bond acceptors (Lipinski definition) is 3. The van der Waals surface area contributed by atoms with Crippen LogP contribution in [-0.4, -0.2) is 23.7 Å². The first-order chi connectivity index (χ1) is 8.54. The summed E-state index contributed by atoms with van der Waals surface area (Å²) in [5, 5.41) is 18.3. The molecule has 0 aromatic heterocycles. The van der Waals surface area contributed by atoms with Crippen LogP contribution in [0.1, 0.15) is 18.9 Å². The molecule has 0 radical (unpaired) electrons. The fourth-order valence-corrected chi connectivity index (χ4v) is 2.82. The average Bonchev–Trinajstić information content (AvgIpc) is 2.71. The molecule has 1 aliphatic heterocycles. The summed E-state index contributed by atoms with van der Waals surface area (Å²) in [6, 6.07) is 7.57. The molecule has 0 bridgehead atoms. The molecule has 94 valence electrons. The maximum absolute atomic E-state index is 11.1. The third kappa shape index (κ3) is 2.21. The predicted molar refractivity (Wildman–Crippen MR) is 71.4 cm³/mol. The Bertz CT molecular complexity index is 524. The fourth-order valence-electron chi connectivity index (χ4n) is 2.46. The maximum Gasteiger partial charge on any atom is 0.308 e. The van der Waals surface area contributed by atoms with Gasteiger partial charge in [0.2, 0.25) is 0 Å². The van der Waals surface area contributed by atoms with Crippen LogP contribution in [0.3, 0.4) is 0 Å². The first kappa shape index (κ1) is 12.9. The summed E-state index contributed by atoms with van der Waals surface area (Å²) in [5.74, 6) is -1.12. The van der Waals surface area contributed by atoms with Gasteiger partial charge in [-0.25, -0.2) is 0 Å². The number of halogens is 1. The number of rotatable bonds is 2. The molecule has 5 heteroatoms. The Kier molecular flexibility index (Phi) is 3.58. The topological polar surface area (TPSA) is 64.3 Å². The molecule has 1 aromatic carbocycles. The number of benzene rings is 1. The van der Waals surface area contributed by atoms with Crippen LogP contribution in [0, 0.1) is 17.2 Å². The molecule has 0 spiro atoms. The Morgan fingerprint density at radius 1 is 1.61 bits per heavy atom. The number of anilines is 1. The first-order valence-electron chi connectivity index (χ1n) is 5.73. The second kappa shape index (κ2) is 4.99.